The van der Waals surface area contributed by atoms with Gasteiger partial charge >= 0.3 is 0 Å². The topological polar surface area (TPSA) is 49.9 Å². The first-order chi connectivity index (χ1) is 12.1. The normalized spacial score (nSPS) is 13.8. The Kier molecular flexibility index (Phi) is 5.24. The molecule has 0 aliphatic carbocycles. The monoisotopic (exact) mass is 358 g/mol. The number of benzene rings is 2. The lowest BCUT2D eigenvalue weighted by molar-refractivity contribution is -0.127. The van der Waals surface area contributed by atoms with E-state index in [4.69, 9.17) is 16.3 Å². The van der Waals surface area contributed by atoms with Crippen molar-refractivity contribution in [2.45, 2.75) is 12.8 Å². The summed E-state index contributed by atoms with van der Waals surface area (Å²) in [5.74, 6) is 0.432. The van der Waals surface area contributed by atoms with Crippen LogP contribution in [0.15, 0.2) is 48.5 Å². The van der Waals surface area contributed by atoms with Crippen molar-refractivity contribution in [3.8, 4) is 5.75 Å². The Balaban J connectivity index is 1.97. The fraction of sp³-hybridized carbons (Fsp3) is 0.263. The van der Waals surface area contributed by atoms with Crippen molar-refractivity contribution in [2.75, 3.05) is 25.2 Å². The van der Waals surface area contributed by atoms with Crippen molar-refractivity contribution in [3.63, 3.8) is 0 Å². The van der Waals surface area contributed by atoms with Gasteiger partial charge in [-0.25, -0.2) is 0 Å². The van der Waals surface area contributed by atoms with E-state index < -0.39 is 0 Å². The molecule has 1 aliphatic rings. The van der Waals surface area contributed by atoms with Crippen LogP contribution in [0.5, 0.6) is 5.75 Å². The molecular formula is C19H19ClN2O3. The number of anilines is 1. The Bertz CT molecular complexity index is 776. The maximum Gasteiger partial charge on any atom is 0.259 e. The van der Waals surface area contributed by atoms with Crippen LogP contribution in [0.3, 0.4) is 0 Å². The number of rotatable bonds is 5. The average molecular weight is 359 g/mol. The minimum Gasteiger partial charge on any atom is -0.495 e. The van der Waals surface area contributed by atoms with E-state index in [0.29, 0.717) is 35.0 Å². The van der Waals surface area contributed by atoms with Gasteiger partial charge < -0.3 is 9.64 Å². The fourth-order valence-corrected chi connectivity index (χ4v) is 3.00. The van der Waals surface area contributed by atoms with Crippen LogP contribution in [0, 0.1) is 0 Å². The van der Waals surface area contributed by atoms with Gasteiger partial charge in [0.2, 0.25) is 5.91 Å². The second-order valence-corrected chi connectivity index (χ2v) is 6.25. The molecule has 2 amide bonds. The number of amides is 2. The van der Waals surface area contributed by atoms with Crippen LogP contribution < -0.4 is 9.64 Å². The predicted molar refractivity (Wildman–Crippen MR) is 97.1 cm³/mol. The third kappa shape index (κ3) is 3.77. The van der Waals surface area contributed by atoms with Crippen LogP contribution >= 0.6 is 11.6 Å². The van der Waals surface area contributed by atoms with Gasteiger partial charge in [-0.1, -0.05) is 23.7 Å². The van der Waals surface area contributed by atoms with E-state index in [0.717, 1.165) is 6.42 Å². The van der Waals surface area contributed by atoms with Gasteiger partial charge in [0.1, 0.15) is 12.4 Å². The molecule has 2 aromatic rings. The van der Waals surface area contributed by atoms with E-state index >= 15 is 0 Å². The molecule has 1 heterocycles. The number of hydrogen-bond donors (Lipinski definition) is 0. The molecule has 130 valence electrons. The Morgan fingerprint density at radius 3 is 2.56 bits per heavy atom. The summed E-state index contributed by atoms with van der Waals surface area (Å²) in [6.07, 6.45) is 1.34. The van der Waals surface area contributed by atoms with E-state index in [1.165, 1.54) is 0 Å². The minimum atomic E-state index is -0.208. The average Bonchev–Trinajstić information content (AvgIpc) is 3.04. The molecule has 0 unspecified atom stereocenters. The molecule has 6 heteroatoms. The predicted octanol–water partition coefficient (Wildman–Crippen LogP) is 3.58. The van der Waals surface area contributed by atoms with Crippen molar-refractivity contribution in [1.82, 2.24) is 4.90 Å². The number of ether oxygens (including phenoxy) is 1. The zero-order valence-electron chi connectivity index (χ0n) is 13.9. The summed E-state index contributed by atoms with van der Waals surface area (Å²) < 4.78 is 5.40. The number of methoxy groups -OCH3 is 1. The van der Waals surface area contributed by atoms with E-state index in [9.17, 15) is 9.59 Å². The molecule has 0 atom stereocenters. The van der Waals surface area contributed by atoms with Crippen LogP contribution in [0.2, 0.25) is 5.02 Å². The van der Waals surface area contributed by atoms with Crippen LogP contribution in [0.1, 0.15) is 23.2 Å². The summed E-state index contributed by atoms with van der Waals surface area (Å²) in [5.41, 5.74) is 1.13. The highest BCUT2D eigenvalue weighted by Crippen LogP contribution is 2.30. The second-order valence-electron chi connectivity index (χ2n) is 5.81. The van der Waals surface area contributed by atoms with Gasteiger partial charge in [0.25, 0.3) is 5.91 Å². The summed E-state index contributed by atoms with van der Waals surface area (Å²) in [5, 5.41) is 0.565. The number of carbonyl (C=O) groups excluding carboxylic acids is 2. The summed E-state index contributed by atoms with van der Waals surface area (Å²) in [4.78, 5) is 28.4. The van der Waals surface area contributed by atoms with E-state index in [-0.39, 0.29) is 18.5 Å². The molecule has 1 fully saturated rings. The van der Waals surface area contributed by atoms with Crippen molar-refractivity contribution >= 4 is 29.1 Å². The highest BCUT2D eigenvalue weighted by atomic mass is 35.5. The van der Waals surface area contributed by atoms with E-state index in [1.807, 2.05) is 18.2 Å². The molecular weight excluding hydrogens is 340 g/mol. The molecule has 2 aromatic carbocycles. The summed E-state index contributed by atoms with van der Waals surface area (Å²) >= 11 is 5.92. The Hall–Kier alpha value is -2.53. The van der Waals surface area contributed by atoms with Gasteiger partial charge in [0, 0.05) is 23.6 Å². The Morgan fingerprint density at radius 1 is 1.20 bits per heavy atom. The van der Waals surface area contributed by atoms with Gasteiger partial charge in [-0.2, -0.15) is 0 Å². The number of likely N-dealkylation sites (tertiary alicyclic amines) is 1. The molecule has 0 radical (unpaired) electrons. The molecule has 0 saturated carbocycles. The number of hydrogen-bond acceptors (Lipinski definition) is 3. The van der Waals surface area contributed by atoms with E-state index in [2.05, 4.69) is 0 Å². The molecule has 0 bridgehead atoms. The maximum atomic E-state index is 13.1. The van der Waals surface area contributed by atoms with Crippen LogP contribution in [0.4, 0.5) is 5.69 Å². The van der Waals surface area contributed by atoms with Gasteiger partial charge in [0.15, 0.2) is 0 Å². The second kappa shape index (κ2) is 7.57. The molecule has 25 heavy (non-hydrogen) atoms. The van der Waals surface area contributed by atoms with Crippen LogP contribution in [-0.4, -0.2) is 37.0 Å². The molecule has 1 saturated heterocycles. The summed E-state index contributed by atoms with van der Waals surface area (Å²) in [6.45, 7) is 0.846. The molecule has 1 aliphatic heterocycles. The first kappa shape index (κ1) is 17.3. The fourth-order valence-electron chi connectivity index (χ4n) is 2.88. The number of halogens is 1. The van der Waals surface area contributed by atoms with Gasteiger partial charge in [-0.3, -0.25) is 14.5 Å². The standard InChI is InChI=1S/C19H19ClN2O3/c1-25-17-6-3-2-5-16(17)22(13-21-12-4-7-18(21)23)19(24)14-8-10-15(20)11-9-14/h2-3,5-6,8-11H,4,7,12-13H2,1H3. The highest BCUT2D eigenvalue weighted by Gasteiger charge is 2.27. The first-order valence-corrected chi connectivity index (χ1v) is 8.46. The lowest BCUT2D eigenvalue weighted by Gasteiger charge is -2.29. The molecule has 5 nitrogen and oxygen atoms in total. The summed E-state index contributed by atoms with van der Waals surface area (Å²) in [7, 11) is 1.56. The molecule has 0 spiro atoms. The Morgan fingerprint density at radius 2 is 1.92 bits per heavy atom. The number of para-hydroxylation sites is 2. The molecule has 0 N–H and O–H groups in total. The van der Waals surface area contributed by atoms with Crippen LogP contribution in [-0.2, 0) is 4.79 Å². The van der Waals surface area contributed by atoms with Crippen molar-refractivity contribution in [2.24, 2.45) is 0 Å². The summed E-state index contributed by atoms with van der Waals surface area (Å²) in [6, 6.07) is 14.0. The van der Waals surface area contributed by atoms with Crippen molar-refractivity contribution < 1.29 is 14.3 Å². The largest absolute Gasteiger partial charge is 0.495 e. The zero-order chi connectivity index (χ0) is 17.8. The van der Waals surface area contributed by atoms with E-state index in [1.54, 1.807) is 47.2 Å². The lowest BCUT2D eigenvalue weighted by Crippen LogP contribution is -2.42. The van der Waals surface area contributed by atoms with Crippen LogP contribution in [0.25, 0.3) is 0 Å². The first-order valence-electron chi connectivity index (χ1n) is 8.08. The smallest absolute Gasteiger partial charge is 0.259 e. The number of nitrogens with zero attached hydrogens (tertiary/aromatic N) is 2. The molecule has 0 aromatic heterocycles. The zero-order valence-corrected chi connectivity index (χ0v) is 14.7. The highest BCUT2D eigenvalue weighted by molar-refractivity contribution is 6.30. The van der Waals surface area contributed by atoms with Crippen molar-refractivity contribution in [3.05, 3.63) is 59.1 Å². The van der Waals surface area contributed by atoms with Gasteiger partial charge in [-0.15, -0.1) is 0 Å². The maximum absolute atomic E-state index is 13.1. The number of carbonyl (C=O) groups is 2. The third-order valence-corrected chi connectivity index (χ3v) is 4.45. The Labute approximate surface area is 151 Å². The van der Waals surface area contributed by atoms with Gasteiger partial charge in [0.05, 0.1) is 12.8 Å². The molecule has 3 rings (SSSR count). The minimum absolute atomic E-state index is 0.0591. The lowest BCUT2D eigenvalue weighted by atomic mass is 10.1. The van der Waals surface area contributed by atoms with Crippen molar-refractivity contribution in [1.29, 1.82) is 0 Å². The SMILES string of the molecule is COc1ccccc1N(CN1CCCC1=O)C(=O)c1ccc(Cl)cc1. The quantitative estimate of drug-likeness (QED) is 0.821. The van der Waals surface area contributed by atoms with Gasteiger partial charge in [-0.05, 0) is 42.8 Å². The third-order valence-electron chi connectivity index (χ3n) is 4.20.